The number of nitrogens with one attached hydrogen (secondary N) is 1. The van der Waals surface area contributed by atoms with Crippen LogP contribution < -0.4 is 9.62 Å². The van der Waals surface area contributed by atoms with E-state index < -0.39 is 28.5 Å². The molecule has 0 saturated carbocycles. The number of carbonyl (C=O) groups is 3. The fraction of sp³-hybridized carbons (Fsp3) is 0.344. The van der Waals surface area contributed by atoms with Crippen molar-refractivity contribution in [3.63, 3.8) is 0 Å². The molecule has 3 aromatic carbocycles. The number of hydrogen-bond donors (Lipinski definition) is 1. The van der Waals surface area contributed by atoms with Crippen molar-refractivity contribution in [2.45, 2.75) is 52.6 Å². The van der Waals surface area contributed by atoms with Crippen molar-refractivity contribution in [3.05, 3.63) is 101 Å². The molecular weight excluding hydrogens is 538 g/mol. The maximum absolute atomic E-state index is 14.1. The standard InChI is InChI=1S/C32H39N3O5S/c1-5-6-19-33-32(38)30(20-26-14-8-7-9-15-26)34(22-28-16-11-10-13-24(28)2)31(37)23-35(41(4,39)40)29-18-12-17-27(21-29)25(3)36/h7-18,21,30H,5-6,19-20,22-23H2,1-4H3,(H,33,38). The SMILES string of the molecule is CCCCNC(=O)C(Cc1ccccc1)N(Cc1ccccc1C)C(=O)CN(c1cccc(C(C)=O)c1)S(C)(=O)=O. The zero-order chi connectivity index (χ0) is 30.0. The molecule has 0 saturated heterocycles. The second-order valence-corrected chi connectivity index (χ2v) is 12.1. The molecule has 0 aliphatic heterocycles. The van der Waals surface area contributed by atoms with Gasteiger partial charge in [0.15, 0.2) is 5.78 Å². The van der Waals surface area contributed by atoms with Crippen LogP contribution in [0.15, 0.2) is 78.9 Å². The Morgan fingerprint density at radius 3 is 2.24 bits per heavy atom. The number of rotatable bonds is 14. The van der Waals surface area contributed by atoms with Crippen LogP contribution in [-0.2, 0) is 32.6 Å². The van der Waals surface area contributed by atoms with Crippen LogP contribution in [0.1, 0.15) is 53.7 Å². The molecule has 218 valence electrons. The Balaban J connectivity index is 2.06. The molecule has 0 fully saturated rings. The average Bonchev–Trinajstić information content (AvgIpc) is 2.94. The summed E-state index contributed by atoms with van der Waals surface area (Å²) in [4.78, 5) is 41.3. The van der Waals surface area contributed by atoms with E-state index in [0.717, 1.165) is 40.1 Å². The first kappa shape index (κ1) is 31.5. The Bertz CT molecular complexity index is 1460. The van der Waals surface area contributed by atoms with Crippen LogP contribution in [-0.4, -0.2) is 56.3 Å². The minimum Gasteiger partial charge on any atom is -0.354 e. The van der Waals surface area contributed by atoms with Crippen LogP contribution in [0.3, 0.4) is 0 Å². The van der Waals surface area contributed by atoms with Crippen molar-refractivity contribution in [3.8, 4) is 0 Å². The van der Waals surface area contributed by atoms with E-state index in [1.165, 1.54) is 17.9 Å². The maximum Gasteiger partial charge on any atom is 0.244 e. The highest BCUT2D eigenvalue weighted by atomic mass is 32.2. The predicted octanol–water partition coefficient (Wildman–Crippen LogP) is 4.52. The number of sulfonamides is 1. The lowest BCUT2D eigenvalue weighted by Gasteiger charge is -2.34. The first-order chi connectivity index (χ1) is 19.5. The van der Waals surface area contributed by atoms with Crippen molar-refractivity contribution < 1.29 is 22.8 Å². The number of carbonyl (C=O) groups excluding carboxylic acids is 3. The van der Waals surface area contributed by atoms with E-state index in [1.54, 1.807) is 18.2 Å². The number of anilines is 1. The van der Waals surface area contributed by atoms with E-state index in [-0.39, 0.29) is 30.3 Å². The summed E-state index contributed by atoms with van der Waals surface area (Å²) in [5, 5.41) is 2.97. The Kier molecular flexibility index (Phi) is 11.2. The molecule has 1 N–H and O–H groups in total. The second-order valence-electron chi connectivity index (χ2n) is 10.2. The summed E-state index contributed by atoms with van der Waals surface area (Å²) in [7, 11) is -3.92. The predicted molar refractivity (Wildman–Crippen MR) is 162 cm³/mol. The van der Waals surface area contributed by atoms with Crippen LogP contribution in [0.25, 0.3) is 0 Å². The van der Waals surface area contributed by atoms with Gasteiger partial charge in [-0.05, 0) is 49.1 Å². The van der Waals surface area contributed by atoms with Crippen molar-refractivity contribution in [2.75, 3.05) is 23.7 Å². The second kappa shape index (κ2) is 14.6. The third kappa shape index (κ3) is 9.01. The van der Waals surface area contributed by atoms with Crippen LogP contribution in [0, 0.1) is 6.92 Å². The lowest BCUT2D eigenvalue weighted by molar-refractivity contribution is -0.140. The van der Waals surface area contributed by atoms with Gasteiger partial charge in [-0.2, -0.15) is 0 Å². The molecule has 0 aliphatic rings. The molecule has 0 aromatic heterocycles. The third-order valence-electron chi connectivity index (χ3n) is 6.92. The Hall–Kier alpha value is -3.98. The summed E-state index contributed by atoms with van der Waals surface area (Å²) in [6.07, 6.45) is 2.97. The van der Waals surface area contributed by atoms with Crippen LogP contribution in [0.5, 0.6) is 0 Å². The molecule has 0 heterocycles. The summed E-state index contributed by atoms with van der Waals surface area (Å²) >= 11 is 0. The number of Topliss-reactive ketones (excluding diaryl/α,β-unsaturated/α-hetero) is 1. The summed E-state index contributed by atoms with van der Waals surface area (Å²) in [5.74, 6) is -1.05. The topological polar surface area (TPSA) is 104 Å². The number of hydrogen-bond acceptors (Lipinski definition) is 5. The van der Waals surface area contributed by atoms with Crippen molar-refractivity contribution in [1.82, 2.24) is 10.2 Å². The monoisotopic (exact) mass is 577 g/mol. The maximum atomic E-state index is 14.1. The molecule has 0 bridgehead atoms. The van der Waals surface area contributed by atoms with Crippen molar-refractivity contribution >= 4 is 33.3 Å². The van der Waals surface area contributed by atoms with Gasteiger partial charge in [-0.3, -0.25) is 18.7 Å². The molecule has 0 spiro atoms. The molecule has 3 aromatic rings. The molecule has 8 nitrogen and oxygen atoms in total. The minimum absolute atomic E-state index is 0.120. The van der Waals surface area contributed by atoms with E-state index in [1.807, 2.05) is 68.4 Å². The van der Waals surface area contributed by atoms with E-state index in [4.69, 9.17) is 0 Å². The normalized spacial score (nSPS) is 11.9. The molecule has 1 atom stereocenters. The fourth-order valence-corrected chi connectivity index (χ4v) is 5.37. The van der Waals surface area contributed by atoms with Gasteiger partial charge >= 0.3 is 0 Å². The quantitative estimate of drug-likeness (QED) is 0.224. The van der Waals surface area contributed by atoms with Crippen LogP contribution in [0.4, 0.5) is 5.69 Å². The van der Waals surface area contributed by atoms with E-state index >= 15 is 0 Å². The number of unbranched alkanes of at least 4 members (excludes halogenated alkanes) is 1. The average molecular weight is 578 g/mol. The Labute approximate surface area is 243 Å². The van der Waals surface area contributed by atoms with Gasteiger partial charge in [0.2, 0.25) is 21.8 Å². The molecule has 3 rings (SSSR count). The van der Waals surface area contributed by atoms with Gasteiger partial charge in [0.05, 0.1) is 11.9 Å². The molecule has 9 heteroatoms. The van der Waals surface area contributed by atoms with Crippen molar-refractivity contribution in [2.24, 2.45) is 0 Å². The van der Waals surface area contributed by atoms with Gasteiger partial charge in [0, 0.05) is 25.1 Å². The molecule has 0 radical (unpaired) electrons. The van der Waals surface area contributed by atoms with E-state index in [9.17, 15) is 22.8 Å². The van der Waals surface area contributed by atoms with Crippen LogP contribution >= 0.6 is 0 Å². The molecule has 41 heavy (non-hydrogen) atoms. The first-order valence-electron chi connectivity index (χ1n) is 13.8. The van der Waals surface area contributed by atoms with Gasteiger partial charge in [0.1, 0.15) is 12.6 Å². The molecule has 0 aliphatic carbocycles. The van der Waals surface area contributed by atoms with Crippen molar-refractivity contribution in [1.29, 1.82) is 0 Å². The first-order valence-corrected chi connectivity index (χ1v) is 15.6. The zero-order valence-corrected chi connectivity index (χ0v) is 25.0. The molecule has 2 amide bonds. The fourth-order valence-electron chi connectivity index (χ4n) is 4.52. The highest BCUT2D eigenvalue weighted by Gasteiger charge is 2.33. The number of nitrogens with zero attached hydrogens (tertiary/aromatic N) is 2. The van der Waals surface area contributed by atoms with E-state index in [0.29, 0.717) is 12.1 Å². The van der Waals surface area contributed by atoms with Crippen LogP contribution in [0.2, 0.25) is 0 Å². The lowest BCUT2D eigenvalue weighted by Crippen LogP contribution is -2.53. The summed E-state index contributed by atoms with van der Waals surface area (Å²) in [5.41, 5.74) is 3.21. The number of benzene rings is 3. The minimum atomic E-state index is -3.92. The lowest BCUT2D eigenvalue weighted by atomic mass is 10.0. The highest BCUT2D eigenvalue weighted by molar-refractivity contribution is 7.92. The zero-order valence-electron chi connectivity index (χ0n) is 24.2. The third-order valence-corrected chi connectivity index (χ3v) is 8.06. The van der Waals surface area contributed by atoms with Gasteiger partial charge in [-0.25, -0.2) is 8.42 Å². The smallest absolute Gasteiger partial charge is 0.244 e. The van der Waals surface area contributed by atoms with Gasteiger partial charge in [-0.1, -0.05) is 80.1 Å². The number of amides is 2. The summed E-state index contributed by atoms with van der Waals surface area (Å²) in [6, 6.07) is 22.3. The van der Waals surface area contributed by atoms with E-state index in [2.05, 4.69) is 5.32 Å². The number of aryl methyl sites for hydroxylation is 1. The largest absolute Gasteiger partial charge is 0.354 e. The van der Waals surface area contributed by atoms with Gasteiger partial charge in [-0.15, -0.1) is 0 Å². The summed E-state index contributed by atoms with van der Waals surface area (Å²) < 4.78 is 26.9. The Morgan fingerprint density at radius 2 is 1.61 bits per heavy atom. The summed E-state index contributed by atoms with van der Waals surface area (Å²) in [6.45, 7) is 5.42. The van der Waals surface area contributed by atoms with Gasteiger partial charge < -0.3 is 10.2 Å². The Morgan fingerprint density at radius 1 is 0.927 bits per heavy atom. The highest BCUT2D eigenvalue weighted by Crippen LogP contribution is 2.22. The number of ketones is 1. The molecular formula is C32H39N3O5S. The van der Waals surface area contributed by atoms with Gasteiger partial charge in [0.25, 0.3) is 0 Å². The molecule has 1 unspecified atom stereocenters.